The van der Waals surface area contributed by atoms with Gasteiger partial charge in [-0.1, -0.05) is 23.2 Å². The summed E-state index contributed by atoms with van der Waals surface area (Å²) in [4.78, 5) is 2.33. The molecule has 1 saturated carbocycles. The van der Waals surface area contributed by atoms with Crippen molar-refractivity contribution in [1.29, 1.82) is 0 Å². The highest BCUT2D eigenvalue weighted by Crippen LogP contribution is 2.27. The standard InChI is InChI=1S/C19H20Cl2N6/c20-13-9-12(10-14(21)11-13)19-24-23-17-3-4-18(25-27(17)19)26-7-5-16(6-8-26)22-15-1-2-15/h3-4,9-11,15-16,22H,1-2,5-8H2. The summed E-state index contributed by atoms with van der Waals surface area (Å²) in [5, 5.41) is 18.2. The molecule has 2 aromatic heterocycles. The van der Waals surface area contributed by atoms with Gasteiger partial charge in [0, 0.05) is 40.8 Å². The van der Waals surface area contributed by atoms with Crippen LogP contribution in [0, 0.1) is 0 Å². The average Bonchev–Trinajstić information content (AvgIpc) is 3.37. The highest BCUT2D eigenvalue weighted by atomic mass is 35.5. The topological polar surface area (TPSA) is 58.4 Å². The van der Waals surface area contributed by atoms with Gasteiger partial charge in [-0.25, -0.2) is 0 Å². The minimum atomic E-state index is 0.565. The summed E-state index contributed by atoms with van der Waals surface area (Å²) >= 11 is 12.3. The Morgan fingerprint density at radius 1 is 0.889 bits per heavy atom. The molecule has 0 radical (unpaired) electrons. The lowest BCUT2D eigenvalue weighted by Crippen LogP contribution is -2.43. The minimum absolute atomic E-state index is 0.565. The zero-order chi connectivity index (χ0) is 18.4. The monoisotopic (exact) mass is 402 g/mol. The van der Waals surface area contributed by atoms with Crippen LogP contribution in [0.15, 0.2) is 30.3 Å². The van der Waals surface area contributed by atoms with E-state index in [-0.39, 0.29) is 0 Å². The third kappa shape index (κ3) is 3.61. The maximum atomic E-state index is 6.15. The summed E-state index contributed by atoms with van der Waals surface area (Å²) in [5.41, 5.74) is 1.51. The summed E-state index contributed by atoms with van der Waals surface area (Å²) < 4.78 is 1.77. The number of benzene rings is 1. The second-order valence-electron chi connectivity index (χ2n) is 7.35. The molecule has 1 saturated heterocycles. The normalized spacial score (nSPS) is 18.4. The molecule has 1 aromatic carbocycles. The second-order valence-corrected chi connectivity index (χ2v) is 8.22. The average molecular weight is 403 g/mol. The number of hydrogen-bond acceptors (Lipinski definition) is 5. The third-order valence-electron chi connectivity index (χ3n) is 5.24. The van der Waals surface area contributed by atoms with Crippen LogP contribution in [0.3, 0.4) is 0 Å². The largest absolute Gasteiger partial charge is 0.355 e. The van der Waals surface area contributed by atoms with Gasteiger partial charge in [-0.15, -0.1) is 15.3 Å². The molecule has 0 amide bonds. The lowest BCUT2D eigenvalue weighted by atomic mass is 10.1. The van der Waals surface area contributed by atoms with Crippen LogP contribution in [-0.2, 0) is 0 Å². The van der Waals surface area contributed by atoms with Gasteiger partial charge in [0.05, 0.1) is 0 Å². The third-order valence-corrected chi connectivity index (χ3v) is 5.67. The Morgan fingerprint density at radius 3 is 2.30 bits per heavy atom. The maximum absolute atomic E-state index is 6.15. The van der Waals surface area contributed by atoms with Gasteiger partial charge in [-0.3, -0.25) is 0 Å². The van der Waals surface area contributed by atoms with Crippen LogP contribution in [0.5, 0.6) is 0 Å². The smallest absolute Gasteiger partial charge is 0.185 e. The van der Waals surface area contributed by atoms with Crippen molar-refractivity contribution in [2.24, 2.45) is 0 Å². The number of fused-ring (bicyclic) bond motifs is 1. The Labute approximate surface area is 167 Å². The van der Waals surface area contributed by atoms with Crippen molar-refractivity contribution >= 4 is 34.7 Å². The number of nitrogens with one attached hydrogen (secondary N) is 1. The zero-order valence-corrected chi connectivity index (χ0v) is 16.3. The van der Waals surface area contributed by atoms with E-state index in [0.717, 1.165) is 43.4 Å². The van der Waals surface area contributed by atoms with E-state index < -0.39 is 0 Å². The zero-order valence-electron chi connectivity index (χ0n) is 14.8. The van der Waals surface area contributed by atoms with E-state index in [2.05, 4.69) is 20.4 Å². The molecule has 140 valence electrons. The Kier molecular flexibility index (Phi) is 4.42. The Hall–Kier alpha value is -1.89. The SMILES string of the molecule is Clc1cc(Cl)cc(-c2nnc3ccc(N4CCC(NC5CC5)CC4)nn23)c1. The number of piperidine rings is 1. The van der Waals surface area contributed by atoms with Gasteiger partial charge in [0.1, 0.15) is 5.82 Å². The summed E-state index contributed by atoms with van der Waals surface area (Å²) in [6, 6.07) is 10.7. The van der Waals surface area contributed by atoms with Crippen molar-refractivity contribution in [3.05, 3.63) is 40.4 Å². The predicted molar refractivity (Wildman–Crippen MR) is 108 cm³/mol. The molecule has 1 N–H and O–H groups in total. The van der Waals surface area contributed by atoms with Gasteiger partial charge < -0.3 is 10.2 Å². The van der Waals surface area contributed by atoms with Gasteiger partial charge in [0.25, 0.3) is 0 Å². The van der Waals surface area contributed by atoms with Crippen LogP contribution in [0.4, 0.5) is 5.82 Å². The fourth-order valence-electron chi connectivity index (χ4n) is 3.67. The lowest BCUT2D eigenvalue weighted by Gasteiger charge is -2.33. The fourth-order valence-corrected chi connectivity index (χ4v) is 4.20. The van der Waals surface area contributed by atoms with E-state index in [4.69, 9.17) is 28.3 Å². The number of aromatic nitrogens is 4. The summed E-state index contributed by atoms with van der Waals surface area (Å²) in [6.45, 7) is 2.01. The first-order valence-electron chi connectivity index (χ1n) is 9.36. The Morgan fingerprint density at radius 2 is 1.59 bits per heavy atom. The van der Waals surface area contributed by atoms with E-state index >= 15 is 0 Å². The van der Waals surface area contributed by atoms with Crippen LogP contribution in [0.2, 0.25) is 10.0 Å². The first-order chi connectivity index (χ1) is 13.2. The maximum Gasteiger partial charge on any atom is 0.185 e. The van der Waals surface area contributed by atoms with Crippen LogP contribution in [0.25, 0.3) is 17.0 Å². The lowest BCUT2D eigenvalue weighted by molar-refractivity contribution is 0.411. The summed E-state index contributed by atoms with van der Waals surface area (Å²) in [7, 11) is 0. The molecular formula is C19H20Cl2N6. The molecule has 27 heavy (non-hydrogen) atoms. The van der Waals surface area contributed by atoms with Crippen LogP contribution in [-0.4, -0.2) is 45.0 Å². The molecule has 5 rings (SSSR count). The number of anilines is 1. The number of halogens is 2. The second kappa shape index (κ2) is 6.93. The molecule has 8 heteroatoms. The van der Waals surface area contributed by atoms with Crippen molar-refractivity contribution in [3.8, 4) is 11.4 Å². The molecule has 0 bridgehead atoms. The van der Waals surface area contributed by atoms with Crippen molar-refractivity contribution in [2.45, 2.75) is 37.8 Å². The van der Waals surface area contributed by atoms with E-state index in [9.17, 15) is 0 Å². The molecule has 0 unspecified atom stereocenters. The Balaban J connectivity index is 1.41. The van der Waals surface area contributed by atoms with E-state index in [0.29, 0.717) is 27.6 Å². The fraction of sp³-hybridized carbons (Fsp3) is 0.421. The molecule has 6 nitrogen and oxygen atoms in total. The molecule has 2 aliphatic rings. The molecule has 2 fully saturated rings. The molecule has 3 heterocycles. The Bertz CT molecular complexity index is 955. The number of hydrogen-bond donors (Lipinski definition) is 1. The van der Waals surface area contributed by atoms with E-state index in [1.807, 2.05) is 24.3 Å². The van der Waals surface area contributed by atoms with Crippen LogP contribution < -0.4 is 10.2 Å². The van der Waals surface area contributed by atoms with Crippen molar-refractivity contribution < 1.29 is 0 Å². The van der Waals surface area contributed by atoms with Crippen molar-refractivity contribution in [2.75, 3.05) is 18.0 Å². The van der Waals surface area contributed by atoms with Crippen LogP contribution in [0.1, 0.15) is 25.7 Å². The first-order valence-corrected chi connectivity index (χ1v) is 10.1. The quantitative estimate of drug-likeness (QED) is 0.718. The first kappa shape index (κ1) is 17.2. The molecule has 1 aliphatic carbocycles. The van der Waals surface area contributed by atoms with Crippen molar-refractivity contribution in [3.63, 3.8) is 0 Å². The highest BCUT2D eigenvalue weighted by Gasteiger charge is 2.27. The molecule has 1 aliphatic heterocycles. The molecule has 0 atom stereocenters. The summed E-state index contributed by atoms with van der Waals surface area (Å²) in [6.07, 6.45) is 4.97. The van der Waals surface area contributed by atoms with Gasteiger partial charge in [-0.2, -0.15) is 4.52 Å². The molecule has 0 spiro atoms. The van der Waals surface area contributed by atoms with Gasteiger partial charge in [0.15, 0.2) is 11.5 Å². The van der Waals surface area contributed by atoms with E-state index in [1.54, 1.807) is 10.6 Å². The van der Waals surface area contributed by atoms with Gasteiger partial charge in [0.2, 0.25) is 0 Å². The van der Waals surface area contributed by atoms with E-state index in [1.165, 1.54) is 12.8 Å². The number of nitrogens with zero attached hydrogens (tertiary/aromatic N) is 5. The van der Waals surface area contributed by atoms with Crippen molar-refractivity contribution in [1.82, 2.24) is 25.1 Å². The van der Waals surface area contributed by atoms with Crippen LogP contribution >= 0.6 is 23.2 Å². The van der Waals surface area contributed by atoms with Gasteiger partial charge >= 0.3 is 0 Å². The predicted octanol–water partition coefficient (Wildman–Crippen LogP) is 3.82. The van der Waals surface area contributed by atoms with Gasteiger partial charge in [-0.05, 0) is 56.0 Å². The molecular weight excluding hydrogens is 383 g/mol. The summed E-state index contributed by atoms with van der Waals surface area (Å²) in [5.74, 6) is 1.59. The number of rotatable bonds is 4. The molecule has 3 aromatic rings. The minimum Gasteiger partial charge on any atom is -0.355 e. The highest BCUT2D eigenvalue weighted by molar-refractivity contribution is 6.35.